The molecule has 0 fully saturated rings. The van der Waals surface area contributed by atoms with Gasteiger partial charge in [0, 0.05) is 12.7 Å². The standard InChI is InChI=1S/C13H12N8O/c1-20-8-21-7-14-10(11(21)16-19-20)12-17-18-13(22-12)15-9-5-3-2-4-6-9/h2-7H,8H2,1H3,(H,15,18). The number of benzene rings is 1. The Balaban J connectivity index is 1.62. The van der Waals surface area contributed by atoms with Crippen molar-refractivity contribution in [3.8, 4) is 11.6 Å². The second-order valence-electron chi connectivity index (χ2n) is 4.78. The van der Waals surface area contributed by atoms with Gasteiger partial charge in [-0.3, -0.25) is 9.58 Å². The molecule has 22 heavy (non-hydrogen) atoms. The topological polar surface area (TPSA) is 96.7 Å². The minimum atomic E-state index is 0.299. The van der Waals surface area contributed by atoms with E-state index < -0.39 is 0 Å². The Hall–Kier alpha value is -3.23. The number of hydrogen-bond acceptors (Lipinski definition) is 8. The van der Waals surface area contributed by atoms with E-state index >= 15 is 0 Å². The molecular weight excluding hydrogens is 284 g/mol. The van der Waals surface area contributed by atoms with Gasteiger partial charge in [-0.1, -0.05) is 28.5 Å². The van der Waals surface area contributed by atoms with Gasteiger partial charge in [0.2, 0.25) is 0 Å². The van der Waals surface area contributed by atoms with Crippen molar-refractivity contribution in [1.82, 2.24) is 24.8 Å². The zero-order valence-corrected chi connectivity index (χ0v) is 11.7. The molecule has 1 aromatic carbocycles. The molecule has 110 valence electrons. The summed E-state index contributed by atoms with van der Waals surface area (Å²) in [4.78, 5) is 4.28. The lowest BCUT2D eigenvalue weighted by Gasteiger charge is -2.16. The summed E-state index contributed by atoms with van der Waals surface area (Å²) in [5.74, 6) is 0.906. The van der Waals surface area contributed by atoms with E-state index in [0.717, 1.165) is 5.69 Å². The zero-order chi connectivity index (χ0) is 14.9. The first-order valence-corrected chi connectivity index (χ1v) is 6.63. The first-order chi connectivity index (χ1) is 10.8. The number of anilines is 2. The molecule has 3 heterocycles. The van der Waals surface area contributed by atoms with Gasteiger partial charge in [-0.25, -0.2) is 4.98 Å². The quantitative estimate of drug-likeness (QED) is 0.797. The molecular formula is C13H12N8O. The molecule has 0 radical (unpaired) electrons. The molecule has 1 N–H and O–H groups in total. The van der Waals surface area contributed by atoms with Crippen molar-refractivity contribution in [1.29, 1.82) is 0 Å². The molecule has 1 aliphatic heterocycles. The Labute approximate surface area is 125 Å². The highest BCUT2D eigenvalue weighted by molar-refractivity contribution is 5.63. The fraction of sp³-hybridized carbons (Fsp3) is 0.154. The van der Waals surface area contributed by atoms with Crippen LogP contribution in [-0.4, -0.2) is 31.8 Å². The molecule has 0 amide bonds. The van der Waals surface area contributed by atoms with E-state index in [2.05, 4.69) is 30.8 Å². The van der Waals surface area contributed by atoms with E-state index in [1.165, 1.54) is 0 Å². The van der Waals surface area contributed by atoms with Crippen LogP contribution in [0.1, 0.15) is 0 Å². The Kier molecular flexibility index (Phi) is 2.81. The molecule has 0 bridgehead atoms. The maximum Gasteiger partial charge on any atom is 0.320 e. The molecule has 0 spiro atoms. The van der Waals surface area contributed by atoms with Crippen molar-refractivity contribution < 1.29 is 4.42 Å². The third-order valence-corrected chi connectivity index (χ3v) is 3.11. The van der Waals surface area contributed by atoms with Gasteiger partial charge in [0.05, 0.1) is 6.33 Å². The summed E-state index contributed by atoms with van der Waals surface area (Å²) < 4.78 is 7.46. The van der Waals surface area contributed by atoms with E-state index in [-0.39, 0.29) is 0 Å². The van der Waals surface area contributed by atoms with Crippen molar-refractivity contribution >= 4 is 17.5 Å². The third-order valence-electron chi connectivity index (χ3n) is 3.11. The van der Waals surface area contributed by atoms with Crippen molar-refractivity contribution in [2.24, 2.45) is 10.3 Å². The maximum atomic E-state index is 5.60. The highest BCUT2D eigenvalue weighted by Crippen LogP contribution is 2.31. The number of nitrogens with one attached hydrogen (secondary N) is 1. The average Bonchev–Trinajstić information content (AvgIpc) is 3.14. The minimum Gasteiger partial charge on any atom is -0.401 e. The van der Waals surface area contributed by atoms with E-state index in [9.17, 15) is 0 Å². The minimum absolute atomic E-state index is 0.299. The van der Waals surface area contributed by atoms with Crippen LogP contribution in [0, 0.1) is 0 Å². The van der Waals surface area contributed by atoms with Crippen LogP contribution in [0.3, 0.4) is 0 Å². The van der Waals surface area contributed by atoms with Crippen molar-refractivity contribution in [3.63, 3.8) is 0 Å². The van der Waals surface area contributed by atoms with Crippen LogP contribution in [-0.2, 0) is 6.67 Å². The predicted molar refractivity (Wildman–Crippen MR) is 77.5 cm³/mol. The SMILES string of the molecule is CN1Cn2cnc(-c3nnc(Nc4ccccc4)o3)c2N=N1. The lowest BCUT2D eigenvalue weighted by atomic mass is 10.3. The Morgan fingerprint density at radius 3 is 2.91 bits per heavy atom. The van der Waals surface area contributed by atoms with E-state index in [0.29, 0.717) is 30.1 Å². The van der Waals surface area contributed by atoms with Gasteiger partial charge in [-0.15, -0.1) is 10.2 Å². The van der Waals surface area contributed by atoms with Gasteiger partial charge in [-0.05, 0) is 12.1 Å². The van der Waals surface area contributed by atoms with Gasteiger partial charge < -0.3 is 9.73 Å². The van der Waals surface area contributed by atoms with Crippen molar-refractivity contribution in [3.05, 3.63) is 36.7 Å². The molecule has 4 rings (SSSR count). The summed E-state index contributed by atoms with van der Waals surface area (Å²) in [6, 6.07) is 9.89. The normalized spacial score (nSPS) is 13.2. The predicted octanol–water partition coefficient (Wildman–Crippen LogP) is 2.58. The largest absolute Gasteiger partial charge is 0.401 e. The monoisotopic (exact) mass is 296 g/mol. The highest BCUT2D eigenvalue weighted by atomic mass is 16.4. The van der Waals surface area contributed by atoms with E-state index in [4.69, 9.17) is 4.42 Å². The van der Waals surface area contributed by atoms with Crippen molar-refractivity contribution in [2.75, 3.05) is 12.4 Å². The number of para-hydroxylation sites is 1. The van der Waals surface area contributed by atoms with E-state index in [1.54, 1.807) is 11.3 Å². The molecule has 9 heteroatoms. The van der Waals surface area contributed by atoms with Crippen LogP contribution in [0.2, 0.25) is 0 Å². The van der Waals surface area contributed by atoms with Gasteiger partial charge in [0.25, 0.3) is 5.89 Å². The number of hydrogen-bond donors (Lipinski definition) is 1. The summed E-state index contributed by atoms with van der Waals surface area (Å²) >= 11 is 0. The Morgan fingerprint density at radius 1 is 1.18 bits per heavy atom. The van der Waals surface area contributed by atoms with Crippen molar-refractivity contribution in [2.45, 2.75) is 6.67 Å². The fourth-order valence-electron chi connectivity index (χ4n) is 2.12. The summed E-state index contributed by atoms with van der Waals surface area (Å²) in [7, 11) is 1.83. The van der Waals surface area contributed by atoms with Crippen LogP contribution >= 0.6 is 0 Å². The van der Waals surface area contributed by atoms with Gasteiger partial charge >= 0.3 is 6.01 Å². The van der Waals surface area contributed by atoms with Gasteiger partial charge in [0.1, 0.15) is 6.67 Å². The lowest BCUT2D eigenvalue weighted by molar-refractivity contribution is 0.248. The van der Waals surface area contributed by atoms with Crippen LogP contribution in [0.4, 0.5) is 17.5 Å². The van der Waals surface area contributed by atoms with Crippen LogP contribution < -0.4 is 5.32 Å². The summed E-state index contributed by atoms with van der Waals surface area (Å²) in [6.45, 7) is 0.578. The second-order valence-corrected chi connectivity index (χ2v) is 4.78. The molecule has 3 aromatic rings. The molecule has 0 aliphatic carbocycles. The molecule has 2 aromatic heterocycles. The van der Waals surface area contributed by atoms with Crippen LogP contribution in [0.15, 0.2) is 51.4 Å². The first kappa shape index (κ1) is 12.5. The molecule has 0 saturated carbocycles. The second kappa shape index (κ2) is 4.95. The van der Waals surface area contributed by atoms with Gasteiger partial charge in [0.15, 0.2) is 11.5 Å². The Bertz CT molecular complexity index is 822. The number of fused-ring (bicyclic) bond motifs is 1. The number of nitrogens with zero attached hydrogens (tertiary/aromatic N) is 7. The summed E-state index contributed by atoms with van der Waals surface area (Å²) in [5.41, 5.74) is 1.39. The van der Waals surface area contributed by atoms with Gasteiger partial charge in [-0.2, -0.15) is 0 Å². The lowest BCUT2D eigenvalue weighted by Crippen LogP contribution is -2.17. The molecule has 1 aliphatic rings. The number of imidazole rings is 1. The molecule has 0 saturated heterocycles. The summed E-state index contributed by atoms with van der Waals surface area (Å²) in [5, 5.41) is 20.8. The Morgan fingerprint density at radius 2 is 2.05 bits per heavy atom. The van der Waals surface area contributed by atoms with E-state index in [1.807, 2.05) is 41.9 Å². The maximum absolute atomic E-state index is 5.60. The van der Waals surface area contributed by atoms with Crippen LogP contribution in [0.25, 0.3) is 11.6 Å². The average molecular weight is 296 g/mol. The zero-order valence-electron chi connectivity index (χ0n) is 11.7. The molecule has 0 atom stereocenters. The number of rotatable bonds is 3. The molecule has 0 unspecified atom stereocenters. The third kappa shape index (κ3) is 2.18. The summed E-state index contributed by atoms with van der Waals surface area (Å²) in [6.07, 6.45) is 1.67. The first-order valence-electron chi connectivity index (χ1n) is 6.63. The molecule has 9 nitrogen and oxygen atoms in total. The fourth-order valence-corrected chi connectivity index (χ4v) is 2.12. The smallest absolute Gasteiger partial charge is 0.320 e. The number of aromatic nitrogens is 4. The highest BCUT2D eigenvalue weighted by Gasteiger charge is 2.21. The van der Waals surface area contributed by atoms with Crippen LogP contribution in [0.5, 0.6) is 0 Å².